The van der Waals surface area contributed by atoms with E-state index in [1.165, 1.54) is 6.07 Å². The molecule has 2 rings (SSSR count). The zero-order valence-electron chi connectivity index (χ0n) is 12.4. The van der Waals surface area contributed by atoms with E-state index in [9.17, 15) is 4.79 Å². The van der Waals surface area contributed by atoms with Crippen LogP contribution in [0.2, 0.25) is 0 Å². The average molecular weight is 365 g/mol. The molecule has 22 heavy (non-hydrogen) atoms. The van der Waals surface area contributed by atoms with Gasteiger partial charge in [-0.05, 0) is 53.0 Å². The maximum atomic E-state index is 11.4. The normalized spacial score (nSPS) is 10.9. The van der Waals surface area contributed by atoms with Gasteiger partial charge in [-0.25, -0.2) is 10.4 Å². The molecule has 0 spiro atoms. The van der Waals surface area contributed by atoms with Crippen LogP contribution < -0.4 is 15.7 Å². The third-order valence-corrected chi connectivity index (χ3v) is 3.42. The Kier molecular flexibility index (Phi) is 5.71. The summed E-state index contributed by atoms with van der Waals surface area (Å²) in [5, 5.41) is 4.08. The third kappa shape index (κ3) is 4.42. The third-order valence-electron chi connectivity index (χ3n) is 2.80. The van der Waals surface area contributed by atoms with E-state index in [0.717, 1.165) is 15.8 Å². The highest BCUT2D eigenvalue weighted by Crippen LogP contribution is 2.25. The molecule has 6 nitrogen and oxygen atoms in total. The molecule has 2 N–H and O–H groups in total. The molecule has 0 aliphatic rings. The second-order valence-electron chi connectivity index (χ2n) is 4.43. The number of ether oxygens (including phenoxy) is 1. The molecule has 2 aromatic rings. The van der Waals surface area contributed by atoms with Crippen LogP contribution in [0.25, 0.3) is 0 Å². The second-order valence-corrected chi connectivity index (χ2v) is 5.29. The molecule has 116 valence electrons. The number of rotatable bonds is 6. The number of hydrogen-bond acceptors (Lipinski definition) is 5. The lowest BCUT2D eigenvalue weighted by Crippen LogP contribution is -2.11. The van der Waals surface area contributed by atoms with Crippen LogP contribution in [0.3, 0.4) is 0 Å². The summed E-state index contributed by atoms with van der Waals surface area (Å²) >= 11 is 3.45. The molecule has 0 bridgehead atoms. The minimum absolute atomic E-state index is 0.201. The van der Waals surface area contributed by atoms with Crippen molar-refractivity contribution in [1.29, 1.82) is 0 Å². The van der Waals surface area contributed by atoms with Gasteiger partial charge in [0.05, 0.1) is 17.3 Å². The van der Waals surface area contributed by atoms with Gasteiger partial charge in [-0.2, -0.15) is 5.10 Å². The molecule has 1 aromatic heterocycles. The Morgan fingerprint density at radius 3 is 2.91 bits per heavy atom. The van der Waals surface area contributed by atoms with Crippen molar-refractivity contribution in [2.24, 2.45) is 5.10 Å². The molecular formula is C15H17BrN4O2. The van der Waals surface area contributed by atoms with Crippen LogP contribution in [0.15, 0.2) is 38.6 Å². The second kappa shape index (κ2) is 7.74. The molecule has 0 amide bonds. The predicted octanol–water partition coefficient (Wildman–Crippen LogP) is 2.94. The van der Waals surface area contributed by atoms with Crippen molar-refractivity contribution < 1.29 is 4.74 Å². The first-order valence-electron chi connectivity index (χ1n) is 6.94. The highest BCUT2D eigenvalue weighted by molar-refractivity contribution is 9.10. The molecule has 1 aromatic carbocycles. The molecule has 7 heteroatoms. The fraction of sp³-hybridized carbons (Fsp3) is 0.267. The summed E-state index contributed by atoms with van der Waals surface area (Å²) in [5.74, 6) is 1.11. The van der Waals surface area contributed by atoms with Crippen LogP contribution in [0.5, 0.6) is 5.75 Å². The van der Waals surface area contributed by atoms with Gasteiger partial charge < -0.3 is 4.74 Å². The zero-order chi connectivity index (χ0) is 15.9. The number of H-pyrrole nitrogens is 1. The van der Waals surface area contributed by atoms with E-state index in [2.05, 4.69) is 36.4 Å². The van der Waals surface area contributed by atoms with Gasteiger partial charge in [-0.3, -0.25) is 9.78 Å². The van der Waals surface area contributed by atoms with Crippen molar-refractivity contribution in [3.05, 3.63) is 50.3 Å². The molecule has 0 saturated heterocycles. The summed E-state index contributed by atoms with van der Waals surface area (Å²) in [7, 11) is 0. The first-order chi connectivity index (χ1) is 10.6. The summed E-state index contributed by atoms with van der Waals surface area (Å²) in [6.07, 6.45) is 2.33. The summed E-state index contributed by atoms with van der Waals surface area (Å²) < 4.78 is 6.31. The minimum Gasteiger partial charge on any atom is -0.493 e. The van der Waals surface area contributed by atoms with Crippen molar-refractivity contribution >= 4 is 28.1 Å². The highest BCUT2D eigenvalue weighted by Gasteiger charge is 2.01. The number of aryl methyl sites for hydroxylation is 1. The number of hydrogen-bond donors (Lipinski definition) is 2. The van der Waals surface area contributed by atoms with Gasteiger partial charge in [0, 0.05) is 11.8 Å². The van der Waals surface area contributed by atoms with Crippen molar-refractivity contribution in [1.82, 2.24) is 9.97 Å². The molecular weight excluding hydrogens is 348 g/mol. The van der Waals surface area contributed by atoms with Crippen molar-refractivity contribution in [2.75, 3.05) is 12.0 Å². The minimum atomic E-state index is -0.201. The molecule has 0 atom stereocenters. The summed E-state index contributed by atoms with van der Waals surface area (Å²) in [6, 6.07) is 7.12. The predicted molar refractivity (Wildman–Crippen MR) is 90.8 cm³/mol. The van der Waals surface area contributed by atoms with E-state index in [4.69, 9.17) is 4.74 Å². The van der Waals surface area contributed by atoms with E-state index in [-0.39, 0.29) is 5.56 Å². The standard InChI is InChI=1S/C15H17BrN4O2/c1-3-11-8-14(21)19-15(18-11)20-17-9-10-5-6-13(22-4-2)12(16)7-10/h5-9H,3-4H2,1-2H3,(H2,18,19,20,21)/b17-9-. The van der Waals surface area contributed by atoms with Gasteiger partial charge in [-0.15, -0.1) is 0 Å². The molecule has 0 aliphatic carbocycles. The van der Waals surface area contributed by atoms with E-state index >= 15 is 0 Å². The maximum absolute atomic E-state index is 11.4. The quantitative estimate of drug-likeness (QED) is 0.609. The van der Waals surface area contributed by atoms with Crippen LogP contribution in [-0.4, -0.2) is 22.8 Å². The van der Waals surface area contributed by atoms with E-state index in [1.54, 1.807) is 6.21 Å². The summed E-state index contributed by atoms with van der Waals surface area (Å²) in [4.78, 5) is 18.3. The first kappa shape index (κ1) is 16.2. The Morgan fingerprint density at radius 2 is 2.23 bits per heavy atom. The highest BCUT2D eigenvalue weighted by atomic mass is 79.9. The van der Waals surface area contributed by atoms with Crippen LogP contribution in [-0.2, 0) is 6.42 Å². The molecule has 0 saturated carbocycles. The lowest BCUT2D eigenvalue weighted by atomic mass is 10.2. The Morgan fingerprint density at radius 1 is 1.41 bits per heavy atom. The lowest BCUT2D eigenvalue weighted by Gasteiger charge is -2.06. The van der Waals surface area contributed by atoms with E-state index in [0.29, 0.717) is 24.7 Å². The van der Waals surface area contributed by atoms with Gasteiger partial charge in [-0.1, -0.05) is 6.92 Å². The number of nitrogens with one attached hydrogen (secondary N) is 2. The Balaban J connectivity index is 2.08. The Bertz CT molecular complexity index is 728. The number of aromatic amines is 1. The van der Waals surface area contributed by atoms with Crippen LogP contribution >= 0.6 is 15.9 Å². The number of hydrazone groups is 1. The van der Waals surface area contributed by atoms with Gasteiger partial charge in [0.1, 0.15) is 5.75 Å². The number of aromatic nitrogens is 2. The number of halogens is 1. The monoisotopic (exact) mass is 364 g/mol. The molecule has 0 radical (unpaired) electrons. The van der Waals surface area contributed by atoms with Crippen LogP contribution in [0.4, 0.5) is 5.95 Å². The van der Waals surface area contributed by atoms with Crippen LogP contribution in [0, 0.1) is 0 Å². The number of nitrogens with zero attached hydrogens (tertiary/aromatic N) is 2. The fourth-order valence-electron chi connectivity index (χ4n) is 1.78. The van der Waals surface area contributed by atoms with Gasteiger partial charge in [0.15, 0.2) is 0 Å². The van der Waals surface area contributed by atoms with Crippen LogP contribution in [0.1, 0.15) is 25.1 Å². The van der Waals surface area contributed by atoms with E-state index in [1.807, 2.05) is 32.0 Å². The van der Waals surface area contributed by atoms with Crippen molar-refractivity contribution in [2.45, 2.75) is 20.3 Å². The zero-order valence-corrected chi connectivity index (χ0v) is 14.0. The Labute approximate surface area is 136 Å². The van der Waals surface area contributed by atoms with Gasteiger partial charge >= 0.3 is 0 Å². The smallest absolute Gasteiger partial charge is 0.252 e. The molecule has 0 aliphatic heterocycles. The van der Waals surface area contributed by atoms with Crippen molar-refractivity contribution in [3.8, 4) is 5.75 Å². The SMILES string of the molecule is CCOc1ccc(/C=N\Nc2nc(CC)cc(=O)[nH]2)cc1Br. The Hall–Kier alpha value is -2.15. The molecule has 0 fully saturated rings. The first-order valence-corrected chi connectivity index (χ1v) is 7.73. The largest absolute Gasteiger partial charge is 0.493 e. The number of anilines is 1. The molecule has 0 unspecified atom stereocenters. The fourth-order valence-corrected chi connectivity index (χ4v) is 2.29. The summed E-state index contributed by atoms with van der Waals surface area (Å²) in [5.41, 5.74) is 4.12. The van der Waals surface area contributed by atoms with E-state index < -0.39 is 0 Å². The van der Waals surface area contributed by atoms with Crippen molar-refractivity contribution in [3.63, 3.8) is 0 Å². The van der Waals surface area contributed by atoms with Gasteiger partial charge in [0.2, 0.25) is 5.95 Å². The van der Waals surface area contributed by atoms with Gasteiger partial charge in [0.25, 0.3) is 5.56 Å². The lowest BCUT2D eigenvalue weighted by molar-refractivity contribution is 0.338. The summed E-state index contributed by atoms with van der Waals surface area (Å²) in [6.45, 7) is 4.48. The maximum Gasteiger partial charge on any atom is 0.252 e. The topological polar surface area (TPSA) is 79.4 Å². The average Bonchev–Trinajstić information content (AvgIpc) is 2.49. The molecule has 1 heterocycles. The number of benzene rings is 1.